The summed E-state index contributed by atoms with van der Waals surface area (Å²) in [7, 11) is 1.72. The van der Waals surface area contributed by atoms with Crippen LogP contribution in [-0.2, 0) is 6.54 Å². The molecule has 1 aromatic carbocycles. The minimum atomic E-state index is 0.491. The van der Waals surface area contributed by atoms with Crippen LogP contribution in [0, 0.1) is 13.8 Å². The number of aryl methyl sites for hydroxylation is 2. The van der Waals surface area contributed by atoms with E-state index in [-0.39, 0.29) is 0 Å². The first-order valence-corrected chi connectivity index (χ1v) is 9.20. The van der Waals surface area contributed by atoms with Gasteiger partial charge in [-0.2, -0.15) is 0 Å². The highest BCUT2D eigenvalue weighted by Gasteiger charge is 2.16. The number of fused-ring (bicyclic) bond motifs is 3. The number of aromatic nitrogens is 4. The molecule has 0 aliphatic rings. The lowest BCUT2D eigenvalue weighted by molar-refractivity contribution is 0.804. The van der Waals surface area contributed by atoms with Gasteiger partial charge >= 0.3 is 0 Å². The lowest BCUT2D eigenvalue weighted by Crippen LogP contribution is -2.11. The molecule has 0 unspecified atom stereocenters. The zero-order valence-electron chi connectivity index (χ0n) is 16.3. The summed E-state index contributed by atoms with van der Waals surface area (Å²) in [6.45, 7) is 4.84. The number of nitrogens with zero attached hydrogens (tertiary/aromatic N) is 6. The lowest BCUT2D eigenvalue weighted by Gasteiger charge is -2.10. The smallest absolute Gasteiger partial charge is 0.187 e. The van der Waals surface area contributed by atoms with E-state index in [4.69, 9.17) is 5.73 Å². The molecule has 7 heteroatoms. The molecule has 28 heavy (non-hydrogen) atoms. The minimum absolute atomic E-state index is 0.491. The molecule has 0 amide bonds. The third-order valence-electron chi connectivity index (χ3n) is 4.82. The van der Waals surface area contributed by atoms with Gasteiger partial charge in [0, 0.05) is 31.9 Å². The molecule has 142 valence electrons. The monoisotopic (exact) mass is 373 g/mol. The summed E-state index contributed by atoms with van der Waals surface area (Å²) in [5, 5.41) is 8.60. The van der Waals surface area contributed by atoms with E-state index in [1.807, 2.05) is 23.5 Å². The summed E-state index contributed by atoms with van der Waals surface area (Å²) in [5.74, 6) is 1.31. The van der Waals surface area contributed by atoms with Gasteiger partial charge in [-0.05, 0) is 31.5 Å². The van der Waals surface area contributed by atoms with Crippen LogP contribution in [0.5, 0.6) is 0 Å². The van der Waals surface area contributed by atoms with E-state index in [0.29, 0.717) is 23.6 Å². The second-order valence-corrected chi connectivity index (χ2v) is 6.81. The van der Waals surface area contributed by atoms with Crippen molar-refractivity contribution < 1.29 is 0 Å². The molecule has 7 nitrogen and oxygen atoms in total. The van der Waals surface area contributed by atoms with Crippen LogP contribution in [0.4, 0.5) is 5.69 Å². The van der Waals surface area contributed by atoms with Gasteiger partial charge in [0.15, 0.2) is 5.65 Å². The van der Waals surface area contributed by atoms with Crippen LogP contribution >= 0.6 is 0 Å². The van der Waals surface area contributed by atoms with Gasteiger partial charge in [0.1, 0.15) is 17.3 Å². The van der Waals surface area contributed by atoms with Gasteiger partial charge in [-0.1, -0.05) is 30.3 Å². The van der Waals surface area contributed by atoms with Gasteiger partial charge in [-0.3, -0.25) is 4.40 Å². The number of benzene rings is 1. The van der Waals surface area contributed by atoms with E-state index in [0.717, 1.165) is 23.4 Å². The number of hydrogen-bond acceptors (Lipinski definition) is 4. The van der Waals surface area contributed by atoms with Gasteiger partial charge in [-0.25, -0.2) is 4.99 Å². The van der Waals surface area contributed by atoms with Crippen molar-refractivity contribution in [1.29, 1.82) is 0 Å². The van der Waals surface area contributed by atoms with Crippen LogP contribution < -0.4 is 5.73 Å². The van der Waals surface area contributed by atoms with E-state index in [1.54, 1.807) is 13.3 Å². The molecule has 0 bridgehead atoms. The van der Waals surface area contributed by atoms with Crippen molar-refractivity contribution >= 4 is 34.4 Å². The molecule has 0 radical (unpaired) electrons. The highest BCUT2D eigenvalue weighted by atomic mass is 15.3. The molecule has 0 saturated heterocycles. The summed E-state index contributed by atoms with van der Waals surface area (Å²) < 4.78 is 4.33. The number of pyridine rings is 1. The summed E-state index contributed by atoms with van der Waals surface area (Å²) in [6.07, 6.45) is 2.24. The van der Waals surface area contributed by atoms with Crippen LogP contribution in [0.15, 0.2) is 52.4 Å². The Bertz CT molecular complexity index is 1200. The third-order valence-corrected chi connectivity index (χ3v) is 4.82. The Morgan fingerprint density at radius 1 is 1.11 bits per heavy atom. The topological polar surface area (TPSA) is 85.9 Å². The van der Waals surface area contributed by atoms with Crippen molar-refractivity contribution in [2.45, 2.75) is 26.8 Å². The average Bonchev–Trinajstić information content (AvgIpc) is 3.22. The van der Waals surface area contributed by atoms with Crippen LogP contribution in [0.1, 0.15) is 23.5 Å². The molecule has 0 aliphatic carbocycles. The normalized spacial score (nSPS) is 12.6. The van der Waals surface area contributed by atoms with Crippen molar-refractivity contribution in [3.63, 3.8) is 0 Å². The van der Waals surface area contributed by atoms with Crippen molar-refractivity contribution in [2.75, 3.05) is 7.05 Å². The summed E-state index contributed by atoms with van der Waals surface area (Å²) in [4.78, 5) is 8.59. The van der Waals surface area contributed by atoms with Crippen molar-refractivity contribution in [3.8, 4) is 0 Å². The van der Waals surface area contributed by atoms with Crippen molar-refractivity contribution in [3.05, 3.63) is 59.5 Å². The van der Waals surface area contributed by atoms with E-state index in [9.17, 15) is 0 Å². The molecule has 0 aliphatic heterocycles. The Morgan fingerprint density at radius 3 is 2.64 bits per heavy atom. The van der Waals surface area contributed by atoms with Gasteiger partial charge in [0.25, 0.3) is 0 Å². The van der Waals surface area contributed by atoms with Crippen molar-refractivity contribution in [2.24, 2.45) is 15.7 Å². The molecule has 2 N–H and O–H groups in total. The second-order valence-electron chi connectivity index (χ2n) is 6.81. The standard InChI is InChI=1S/C21H23N7/c1-14-11-19-18(27(14)13-16-7-5-4-6-8-16)12-17(24-20(22)9-10-23-3)21-26-25-15(2)28(19)21/h4-8,10-12H,9,13H2,1-3H3,(H2,22,24). The molecule has 0 fully saturated rings. The highest BCUT2D eigenvalue weighted by Crippen LogP contribution is 2.30. The Morgan fingerprint density at radius 2 is 1.89 bits per heavy atom. The summed E-state index contributed by atoms with van der Waals surface area (Å²) >= 11 is 0. The van der Waals surface area contributed by atoms with Crippen LogP contribution in [0.2, 0.25) is 0 Å². The number of hydrogen-bond donors (Lipinski definition) is 1. The zero-order chi connectivity index (χ0) is 19.7. The summed E-state index contributed by atoms with van der Waals surface area (Å²) in [5.41, 5.74) is 12.1. The first-order chi connectivity index (χ1) is 13.6. The highest BCUT2D eigenvalue weighted by molar-refractivity contribution is 5.96. The maximum atomic E-state index is 6.10. The maximum Gasteiger partial charge on any atom is 0.187 e. The number of amidine groups is 1. The SMILES string of the molecule is CN=CCC(N)=Nc1cc2c(cc(C)n2Cc2ccccc2)n2c(C)nnc12. The Hall–Kier alpha value is -3.48. The molecular formula is C21H23N7. The van der Waals surface area contributed by atoms with Crippen molar-refractivity contribution in [1.82, 2.24) is 19.2 Å². The van der Waals surface area contributed by atoms with Crippen LogP contribution in [0.25, 0.3) is 16.7 Å². The molecule has 0 atom stereocenters. The van der Waals surface area contributed by atoms with Gasteiger partial charge < -0.3 is 15.3 Å². The van der Waals surface area contributed by atoms with Crippen LogP contribution in [0.3, 0.4) is 0 Å². The fourth-order valence-electron chi connectivity index (χ4n) is 3.46. The molecule has 0 spiro atoms. The largest absolute Gasteiger partial charge is 0.387 e. The van der Waals surface area contributed by atoms with Gasteiger partial charge in [0.05, 0.1) is 11.0 Å². The Balaban J connectivity index is 1.93. The predicted octanol–water partition coefficient (Wildman–Crippen LogP) is 3.43. The number of aliphatic imine (C=N–C) groups is 2. The first kappa shape index (κ1) is 17.9. The fraction of sp³-hybridized carbons (Fsp3) is 0.238. The molecular weight excluding hydrogens is 350 g/mol. The van der Waals surface area contributed by atoms with E-state index in [1.165, 1.54) is 11.3 Å². The van der Waals surface area contributed by atoms with Gasteiger partial charge in [-0.15, -0.1) is 10.2 Å². The third kappa shape index (κ3) is 3.15. The molecule has 0 saturated carbocycles. The quantitative estimate of drug-likeness (QED) is 0.429. The lowest BCUT2D eigenvalue weighted by atomic mass is 10.2. The number of rotatable bonds is 5. The summed E-state index contributed by atoms with van der Waals surface area (Å²) in [6, 6.07) is 14.6. The fourth-order valence-corrected chi connectivity index (χ4v) is 3.46. The number of nitrogens with two attached hydrogens (primary N) is 1. The van der Waals surface area contributed by atoms with Gasteiger partial charge in [0.2, 0.25) is 0 Å². The molecule has 3 aromatic heterocycles. The van der Waals surface area contributed by atoms with E-state index >= 15 is 0 Å². The second kappa shape index (κ2) is 7.26. The molecule has 4 aromatic rings. The molecule has 4 rings (SSSR count). The maximum absolute atomic E-state index is 6.10. The molecule has 3 heterocycles. The zero-order valence-corrected chi connectivity index (χ0v) is 16.3. The van der Waals surface area contributed by atoms with Crippen LogP contribution in [-0.4, -0.2) is 38.3 Å². The predicted molar refractivity (Wildman–Crippen MR) is 114 cm³/mol. The van der Waals surface area contributed by atoms with E-state index in [2.05, 4.69) is 62.0 Å². The minimum Gasteiger partial charge on any atom is -0.387 e. The Labute approximate surface area is 163 Å². The average molecular weight is 373 g/mol. The first-order valence-electron chi connectivity index (χ1n) is 9.20. The van der Waals surface area contributed by atoms with E-state index < -0.39 is 0 Å². The Kier molecular flexibility index (Phi) is 4.65.